The van der Waals surface area contributed by atoms with E-state index < -0.39 is 33.8 Å². The van der Waals surface area contributed by atoms with Gasteiger partial charge in [-0.15, -0.1) is 0 Å². The first kappa shape index (κ1) is 25.6. The van der Waals surface area contributed by atoms with Gasteiger partial charge in [-0.3, -0.25) is 24.5 Å². The van der Waals surface area contributed by atoms with Gasteiger partial charge in [0.05, 0.1) is 16.0 Å². The first-order valence-corrected chi connectivity index (χ1v) is 13.5. The lowest BCUT2D eigenvalue weighted by atomic mass is 10.1. The number of benzene rings is 3. The highest BCUT2D eigenvalue weighted by atomic mass is 32.2. The summed E-state index contributed by atoms with van der Waals surface area (Å²) >= 11 is 0. The molecule has 1 aliphatic heterocycles. The molecule has 0 aromatic heterocycles. The number of ether oxygens (including phenoxy) is 1. The Morgan fingerprint density at radius 1 is 0.921 bits per heavy atom. The van der Waals surface area contributed by atoms with Gasteiger partial charge in [-0.25, -0.2) is 8.42 Å². The number of hydroxylamine groups is 1. The SMILES string of the molecule is O=C(NC1CC1)C(CCN1C(=O)c2ccccc2C1=O)N(O)S(=O)(=O)c1ccc(Oc2ccccc2)cc1. The standard InChI is InChI=1S/C27H25N3O7S/c31-25(28-18-10-11-18)24(16-17-29-26(32)22-8-4-5-9-23(22)27(29)33)30(34)38(35,36)21-14-12-20(13-15-21)37-19-6-2-1-3-7-19/h1-9,12-15,18,24,34H,10-11,16-17H2,(H,28,31). The van der Waals surface area contributed by atoms with E-state index in [-0.39, 0.29) is 39.5 Å². The van der Waals surface area contributed by atoms with Crippen molar-refractivity contribution in [3.05, 3.63) is 90.0 Å². The molecule has 10 nitrogen and oxygen atoms in total. The van der Waals surface area contributed by atoms with Crippen LogP contribution >= 0.6 is 0 Å². The summed E-state index contributed by atoms with van der Waals surface area (Å²) in [5, 5.41) is 13.5. The Bertz CT molecular complexity index is 1440. The van der Waals surface area contributed by atoms with E-state index in [9.17, 15) is 28.0 Å². The Morgan fingerprint density at radius 3 is 2.05 bits per heavy atom. The van der Waals surface area contributed by atoms with Crippen molar-refractivity contribution in [1.29, 1.82) is 0 Å². The molecule has 3 amide bonds. The van der Waals surface area contributed by atoms with Crippen molar-refractivity contribution >= 4 is 27.7 Å². The maximum absolute atomic E-state index is 13.3. The van der Waals surface area contributed by atoms with E-state index in [4.69, 9.17) is 4.74 Å². The molecule has 1 fully saturated rings. The normalized spacial score (nSPS) is 15.9. The van der Waals surface area contributed by atoms with Crippen LogP contribution in [0.2, 0.25) is 0 Å². The fourth-order valence-corrected chi connectivity index (χ4v) is 5.37. The topological polar surface area (TPSA) is 133 Å². The third kappa shape index (κ3) is 5.17. The second-order valence-electron chi connectivity index (χ2n) is 9.06. The van der Waals surface area contributed by atoms with Crippen LogP contribution in [0.3, 0.4) is 0 Å². The highest BCUT2D eigenvalue weighted by Gasteiger charge is 2.40. The summed E-state index contributed by atoms with van der Waals surface area (Å²) < 4.78 is 32.2. The minimum atomic E-state index is -4.53. The molecule has 1 unspecified atom stereocenters. The third-order valence-electron chi connectivity index (χ3n) is 6.34. The number of hydrogen-bond acceptors (Lipinski definition) is 7. The van der Waals surface area contributed by atoms with E-state index >= 15 is 0 Å². The molecule has 1 saturated carbocycles. The third-order valence-corrected chi connectivity index (χ3v) is 7.96. The minimum absolute atomic E-state index is 0.00986. The molecule has 1 atom stereocenters. The van der Waals surface area contributed by atoms with Crippen molar-refractivity contribution < 1.29 is 32.7 Å². The number of imide groups is 1. The molecule has 2 aliphatic rings. The predicted octanol–water partition coefficient (Wildman–Crippen LogP) is 3.19. The van der Waals surface area contributed by atoms with Crippen molar-refractivity contribution in [1.82, 2.24) is 14.7 Å². The van der Waals surface area contributed by atoms with E-state index in [1.165, 1.54) is 36.4 Å². The summed E-state index contributed by atoms with van der Waals surface area (Å²) in [6, 6.07) is 19.0. The molecule has 11 heteroatoms. The monoisotopic (exact) mass is 535 g/mol. The number of carbonyl (C=O) groups is 3. The first-order valence-electron chi connectivity index (χ1n) is 12.1. The number of para-hydroxylation sites is 1. The van der Waals surface area contributed by atoms with Crippen LogP contribution in [0, 0.1) is 0 Å². The Hall–Kier alpha value is -4.06. The summed E-state index contributed by atoms with van der Waals surface area (Å²) in [6.07, 6.45) is 1.20. The van der Waals surface area contributed by atoms with Gasteiger partial charge >= 0.3 is 0 Å². The van der Waals surface area contributed by atoms with Crippen molar-refractivity contribution in [2.45, 2.75) is 36.2 Å². The first-order chi connectivity index (χ1) is 18.3. The van der Waals surface area contributed by atoms with Gasteiger partial charge in [0, 0.05) is 12.6 Å². The van der Waals surface area contributed by atoms with Crippen LogP contribution in [0.15, 0.2) is 83.8 Å². The lowest BCUT2D eigenvalue weighted by Gasteiger charge is -2.26. The number of sulfonamides is 1. The fraction of sp³-hybridized carbons (Fsp3) is 0.222. The summed E-state index contributed by atoms with van der Waals surface area (Å²) in [6.45, 7) is -0.258. The van der Waals surface area contributed by atoms with Crippen molar-refractivity contribution in [2.24, 2.45) is 0 Å². The Kier molecular flexibility index (Phi) is 6.98. The number of nitrogens with one attached hydrogen (secondary N) is 1. The van der Waals surface area contributed by atoms with Gasteiger partial charge in [-0.2, -0.15) is 0 Å². The molecule has 2 N–H and O–H groups in total. The van der Waals surface area contributed by atoms with Crippen LogP contribution in [-0.2, 0) is 14.8 Å². The maximum atomic E-state index is 13.3. The Balaban J connectivity index is 1.33. The summed E-state index contributed by atoms with van der Waals surface area (Å²) in [5.41, 5.74) is 0.477. The zero-order valence-electron chi connectivity index (χ0n) is 20.2. The van der Waals surface area contributed by atoms with Crippen LogP contribution in [0.5, 0.6) is 11.5 Å². The van der Waals surface area contributed by atoms with Gasteiger partial charge in [0.15, 0.2) is 0 Å². The molecule has 1 heterocycles. The molecule has 196 valence electrons. The number of carbonyl (C=O) groups excluding carboxylic acids is 3. The second-order valence-corrected chi connectivity index (χ2v) is 10.9. The molecule has 5 rings (SSSR count). The van der Waals surface area contributed by atoms with Crippen molar-refractivity contribution in [3.63, 3.8) is 0 Å². The second kappa shape index (κ2) is 10.4. The highest BCUT2D eigenvalue weighted by molar-refractivity contribution is 7.89. The zero-order valence-corrected chi connectivity index (χ0v) is 21.0. The van der Waals surface area contributed by atoms with Crippen LogP contribution < -0.4 is 10.1 Å². The van der Waals surface area contributed by atoms with Crippen LogP contribution in [0.4, 0.5) is 0 Å². The van der Waals surface area contributed by atoms with E-state index in [0.29, 0.717) is 11.5 Å². The summed E-state index contributed by atoms with van der Waals surface area (Å²) in [5.74, 6) is -0.828. The number of amides is 3. The lowest BCUT2D eigenvalue weighted by molar-refractivity contribution is -0.135. The maximum Gasteiger partial charge on any atom is 0.265 e. The van der Waals surface area contributed by atoms with Crippen LogP contribution in [0.25, 0.3) is 0 Å². The van der Waals surface area contributed by atoms with Crippen molar-refractivity contribution in [2.75, 3.05) is 6.54 Å². The molecule has 0 bridgehead atoms. The van der Waals surface area contributed by atoms with E-state index in [2.05, 4.69) is 5.32 Å². The van der Waals surface area contributed by atoms with Gasteiger partial charge in [0.25, 0.3) is 21.8 Å². The summed E-state index contributed by atoms with van der Waals surface area (Å²) in [4.78, 5) is 39.1. The fourth-order valence-electron chi connectivity index (χ4n) is 4.14. The van der Waals surface area contributed by atoms with Crippen molar-refractivity contribution in [3.8, 4) is 11.5 Å². The van der Waals surface area contributed by atoms with Crippen LogP contribution in [0.1, 0.15) is 40.0 Å². The van der Waals surface area contributed by atoms with E-state index in [0.717, 1.165) is 17.7 Å². The number of fused-ring (bicyclic) bond motifs is 1. The van der Waals surface area contributed by atoms with Gasteiger partial charge in [-0.1, -0.05) is 34.8 Å². The Labute approximate surface area is 219 Å². The lowest BCUT2D eigenvalue weighted by Crippen LogP contribution is -2.50. The highest BCUT2D eigenvalue weighted by Crippen LogP contribution is 2.27. The summed E-state index contributed by atoms with van der Waals surface area (Å²) in [7, 11) is -4.53. The number of hydrogen-bond donors (Lipinski definition) is 2. The molecule has 0 radical (unpaired) electrons. The molecule has 0 saturated heterocycles. The Morgan fingerprint density at radius 2 is 1.47 bits per heavy atom. The average molecular weight is 536 g/mol. The quantitative estimate of drug-likeness (QED) is 0.301. The molecular formula is C27H25N3O7S. The minimum Gasteiger partial charge on any atom is -0.457 e. The molecule has 3 aromatic rings. The molecular weight excluding hydrogens is 510 g/mol. The van der Waals surface area contributed by atoms with Gasteiger partial charge in [0.2, 0.25) is 5.91 Å². The number of rotatable bonds is 10. The molecule has 38 heavy (non-hydrogen) atoms. The van der Waals surface area contributed by atoms with Crippen LogP contribution in [-0.4, -0.2) is 59.3 Å². The van der Waals surface area contributed by atoms with E-state index in [1.54, 1.807) is 36.4 Å². The predicted molar refractivity (Wildman–Crippen MR) is 135 cm³/mol. The van der Waals surface area contributed by atoms with E-state index in [1.807, 2.05) is 6.07 Å². The molecule has 1 aliphatic carbocycles. The largest absolute Gasteiger partial charge is 0.457 e. The molecule has 3 aromatic carbocycles. The smallest absolute Gasteiger partial charge is 0.265 e. The molecule has 0 spiro atoms. The average Bonchev–Trinajstić information content (AvgIpc) is 3.71. The van der Waals surface area contributed by atoms with Gasteiger partial charge in [-0.05, 0) is 67.8 Å². The van der Waals surface area contributed by atoms with Gasteiger partial charge in [0.1, 0.15) is 17.5 Å². The zero-order chi connectivity index (χ0) is 26.9. The number of nitrogens with zero attached hydrogens (tertiary/aromatic N) is 2. The van der Waals surface area contributed by atoms with Gasteiger partial charge < -0.3 is 10.1 Å².